The van der Waals surface area contributed by atoms with Gasteiger partial charge in [-0.25, -0.2) is 0 Å². The van der Waals surface area contributed by atoms with Gasteiger partial charge in [-0.05, 0) is 17.7 Å². The molecule has 3 aromatic rings. The van der Waals surface area contributed by atoms with Crippen LogP contribution in [-0.4, -0.2) is 15.1 Å². The number of aromatic nitrogens is 2. The van der Waals surface area contributed by atoms with E-state index in [-0.39, 0.29) is 10.8 Å². The van der Waals surface area contributed by atoms with E-state index in [1.807, 2.05) is 30.5 Å². The molecule has 0 spiro atoms. The Hall–Kier alpha value is -2.01. The maximum atomic E-state index is 11.1. The van der Waals surface area contributed by atoms with Crippen LogP contribution in [0.1, 0.15) is 10.4 Å². The van der Waals surface area contributed by atoms with Gasteiger partial charge in [0.05, 0.1) is 4.88 Å². The average molecular weight is 246 g/mol. The third-order valence-corrected chi connectivity index (χ3v) is 3.61. The number of nitrogens with one attached hydrogen (secondary N) is 2. The first kappa shape index (κ1) is 10.2. The number of fused-ring (bicyclic) bond motifs is 1. The Labute approximate surface area is 101 Å². The molecule has 0 aliphatic carbocycles. The van der Waals surface area contributed by atoms with Crippen LogP contribution in [-0.2, 0) is 6.42 Å². The van der Waals surface area contributed by atoms with Gasteiger partial charge >= 0.3 is 4.87 Å². The van der Waals surface area contributed by atoms with Gasteiger partial charge in [-0.1, -0.05) is 23.5 Å². The zero-order valence-corrected chi connectivity index (χ0v) is 9.67. The van der Waals surface area contributed by atoms with E-state index in [0.717, 1.165) is 27.8 Å². The average Bonchev–Trinajstić information content (AvgIpc) is 2.87. The second-order valence-electron chi connectivity index (χ2n) is 3.82. The highest BCUT2D eigenvalue weighted by Gasteiger charge is 2.09. The van der Waals surface area contributed by atoms with Crippen molar-refractivity contribution in [3.05, 3.63) is 50.6 Å². The molecule has 0 bridgehead atoms. The van der Waals surface area contributed by atoms with Gasteiger partial charge in [-0.2, -0.15) is 0 Å². The van der Waals surface area contributed by atoms with Crippen LogP contribution in [0.2, 0.25) is 0 Å². The zero-order chi connectivity index (χ0) is 11.8. The van der Waals surface area contributed by atoms with Crippen molar-refractivity contribution in [1.29, 1.82) is 0 Å². The van der Waals surface area contributed by atoms with Gasteiger partial charge in [0.2, 0.25) is 5.88 Å². The summed E-state index contributed by atoms with van der Waals surface area (Å²) in [6, 6.07) is 7.95. The van der Waals surface area contributed by atoms with Crippen molar-refractivity contribution in [2.24, 2.45) is 0 Å². The van der Waals surface area contributed by atoms with E-state index in [9.17, 15) is 9.90 Å². The Morgan fingerprint density at radius 1 is 1.29 bits per heavy atom. The summed E-state index contributed by atoms with van der Waals surface area (Å²) in [5.41, 5.74) is 2.15. The molecular weight excluding hydrogens is 236 g/mol. The third kappa shape index (κ3) is 1.74. The van der Waals surface area contributed by atoms with Crippen LogP contribution < -0.4 is 4.87 Å². The van der Waals surface area contributed by atoms with Crippen LogP contribution in [0.3, 0.4) is 0 Å². The Bertz CT molecular complexity index is 723. The number of aromatic amines is 2. The maximum absolute atomic E-state index is 11.1. The van der Waals surface area contributed by atoms with Crippen LogP contribution in [0.4, 0.5) is 0 Å². The minimum atomic E-state index is -0.223. The molecule has 4 nitrogen and oxygen atoms in total. The molecule has 0 radical (unpaired) electrons. The van der Waals surface area contributed by atoms with Gasteiger partial charge in [0.25, 0.3) is 0 Å². The quantitative estimate of drug-likeness (QED) is 0.649. The SMILES string of the molecule is O=c1[nH]c(O)c(Cc2cccc3[nH]ccc23)s1. The summed E-state index contributed by atoms with van der Waals surface area (Å²) in [6.45, 7) is 0. The molecule has 5 heteroatoms. The number of aromatic hydroxyl groups is 1. The number of benzene rings is 1. The van der Waals surface area contributed by atoms with Gasteiger partial charge in [-0.15, -0.1) is 0 Å². The Balaban J connectivity index is 2.08. The van der Waals surface area contributed by atoms with Crippen molar-refractivity contribution < 1.29 is 5.11 Å². The molecule has 0 amide bonds. The Morgan fingerprint density at radius 2 is 2.18 bits per heavy atom. The van der Waals surface area contributed by atoms with Crippen molar-refractivity contribution in [3.8, 4) is 5.88 Å². The summed E-state index contributed by atoms with van der Waals surface area (Å²) in [7, 11) is 0. The highest BCUT2D eigenvalue weighted by molar-refractivity contribution is 7.09. The minimum absolute atomic E-state index is 0.0208. The monoisotopic (exact) mass is 246 g/mol. The molecule has 3 N–H and O–H groups in total. The lowest BCUT2D eigenvalue weighted by atomic mass is 10.1. The molecule has 0 unspecified atom stereocenters. The van der Waals surface area contributed by atoms with Gasteiger partial charge in [0.1, 0.15) is 0 Å². The van der Waals surface area contributed by atoms with E-state index in [4.69, 9.17) is 0 Å². The molecule has 17 heavy (non-hydrogen) atoms. The van der Waals surface area contributed by atoms with Gasteiger partial charge in [0.15, 0.2) is 0 Å². The summed E-state index contributed by atoms with van der Waals surface area (Å²) in [5.74, 6) is -0.0208. The predicted octanol–water partition coefficient (Wildman–Crippen LogP) is 2.21. The number of thiazole rings is 1. The second kappa shape index (κ2) is 3.78. The third-order valence-electron chi connectivity index (χ3n) is 2.74. The normalized spacial score (nSPS) is 11.1. The predicted molar refractivity (Wildman–Crippen MR) is 67.7 cm³/mol. The van der Waals surface area contributed by atoms with Gasteiger partial charge in [0, 0.05) is 23.5 Å². The largest absolute Gasteiger partial charge is 0.494 e. The fourth-order valence-electron chi connectivity index (χ4n) is 1.95. The molecule has 0 aliphatic heterocycles. The van der Waals surface area contributed by atoms with Crippen molar-refractivity contribution in [2.45, 2.75) is 6.42 Å². The molecule has 0 saturated carbocycles. The molecule has 0 fully saturated rings. The molecule has 2 heterocycles. The van der Waals surface area contributed by atoms with E-state index in [1.54, 1.807) is 0 Å². The zero-order valence-electron chi connectivity index (χ0n) is 8.86. The van der Waals surface area contributed by atoms with E-state index < -0.39 is 0 Å². The van der Waals surface area contributed by atoms with E-state index in [1.165, 1.54) is 0 Å². The van der Waals surface area contributed by atoms with Gasteiger partial charge in [-0.3, -0.25) is 9.78 Å². The Kier molecular flexibility index (Phi) is 2.26. The van der Waals surface area contributed by atoms with E-state index in [2.05, 4.69) is 9.97 Å². The fraction of sp³-hybridized carbons (Fsp3) is 0.0833. The van der Waals surface area contributed by atoms with Crippen molar-refractivity contribution >= 4 is 22.2 Å². The Morgan fingerprint density at radius 3 is 2.94 bits per heavy atom. The standard InChI is InChI=1S/C12H10N2O2S/c15-11-10(17-12(16)14-11)6-7-2-1-3-9-8(7)4-5-13-9/h1-5,13,15H,6H2,(H,14,16). The van der Waals surface area contributed by atoms with E-state index in [0.29, 0.717) is 11.3 Å². The lowest BCUT2D eigenvalue weighted by molar-refractivity contribution is 0.451. The first-order valence-corrected chi connectivity index (χ1v) is 6.01. The topological polar surface area (TPSA) is 68.9 Å². The molecule has 2 aromatic heterocycles. The molecule has 0 saturated heterocycles. The van der Waals surface area contributed by atoms with Crippen molar-refractivity contribution in [3.63, 3.8) is 0 Å². The van der Waals surface area contributed by atoms with Crippen LogP contribution >= 0.6 is 11.3 Å². The fourth-order valence-corrected chi connectivity index (χ4v) is 2.70. The van der Waals surface area contributed by atoms with Crippen molar-refractivity contribution in [1.82, 2.24) is 9.97 Å². The van der Waals surface area contributed by atoms with Gasteiger partial charge < -0.3 is 10.1 Å². The second-order valence-corrected chi connectivity index (χ2v) is 4.89. The first-order chi connectivity index (χ1) is 8.24. The number of rotatable bonds is 2. The smallest absolute Gasteiger partial charge is 0.307 e. The van der Waals surface area contributed by atoms with Crippen LogP contribution in [0.5, 0.6) is 5.88 Å². The lowest BCUT2D eigenvalue weighted by Crippen LogP contribution is -1.89. The first-order valence-electron chi connectivity index (χ1n) is 5.20. The molecule has 86 valence electrons. The van der Waals surface area contributed by atoms with Crippen molar-refractivity contribution in [2.75, 3.05) is 0 Å². The molecule has 3 rings (SSSR count). The molecule has 0 atom stereocenters. The van der Waals surface area contributed by atoms with Crippen LogP contribution in [0, 0.1) is 0 Å². The van der Waals surface area contributed by atoms with Crippen LogP contribution in [0.25, 0.3) is 10.9 Å². The highest BCUT2D eigenvalue weighted by atomic mass is 32.1. The molecule has 1 aromatic carbocycles. The molecule has 0 aliphatic rings. The summed E-state index contributed by atoms with van der Waals surface area (Å²) >= 11 is 1.05. The number of H-pyrrole nitrogens is 2. The summed E-state index contributed by atoms with van der Waals surface area (Å²) in [4.78, 5) is 17.1. The minimum Gasteiger partial charge on any atom is -0.494 e. The number of hydrogen-bond donors (Lipinski definition) is 3. The molecular formula is C12H10N2O2S. The summed E-state index contributed by atoms with van der Waals surface area (Å²) in [6.07, 6.45) is 2.44. The van der Waals surface area contributed by atoms with E-state index >= 15 is 0 Å². The van der Waals surface area contributed by atoms with Crippen LogP contribution in [0.15, 0.2) is 35.3 Å². The highest BCUT2D eigenvalue weighted by Crippen LogP contribution is 2.24. The number of hydrogen-bond acceptors (Lipinski definition) is 3. The summed E-state index contributed by atoms with van der Waals surface area (Å²) < 4.78 is 0. The maximum Gasteiger partial charge on any atom is 0.307 e. The summed E-state index contributed by atoms with van der Waals surface area (Å²) in [5, 5.41) is 10.7. The lowest BCUT2D eigenvalue weighted by Gasteiger charge is -2.01.